The molecule has 1 aliphatic heterocycles. The Kier molecular flexibility index (Phi) is 6.26. The van der Waals surface area contributed by atoms with E-state index in [1.165, 1.54) is 25.3 Å². The Morgan fingerprint density at radius 1 is 1.29 bits per heavy atom. The van der Waals surface area contributed by atoms with Crippen LogP contribution in [0.2, 0.25) is 0 Å². The molecule has 0 spiro atoms. The van der Waals surface area contributed by atoms with E-state index >= 15 is 0 Å². The first kappa shape index (κ1) is 19.4. The monoisotopic (exact) mass is 381 g/mol. The van der Waals surface area contributed by atoms with Crippen LogP contribution in [0.25, 0.3) is 6.08 Å². The number of rotatable bonds is 6. The van der Waals surface area contributed by atoms with E-state index in [0.717, 1.165) is 25.1 Å². The van der Waals surface area contributed by atoms with E-state index in [9.17, 15) is 14.9 Å². The summed E-state index contributed by atoms with van der Waals surface area (Å²) >= 11 is 0. The van der Waals surface area contributed by atoms with Gasteiger partial charge in [0.25, 0.3) is 5.69 Å². The summed E-state index contributed by atoms with van der Waals surface area (Å²) in [5.74, 6) is -0.502. The van der Waals surface area contributed by atoms with Crippen molar-refractivity contribution in [1.29, 1.82) is 0 Å². The van der Waals surface area contributed by atoms with Crippen molar-refractivity contribution in [3.05, 3.63) is 70.3 Å². The van der Waals surface area contributed by atoms with E-state index in [-0.39, 0.29) is 16.7 Å². The predicted octanol–water partition coefficient (Wildman–Crippen LogP) is 3.86. The molecule has 2 aromatic rings. The third kappa shape index (κ3) is 4.88. The molecule has 1 unspecified atom stereocenters. The fraction of sp³-hybridized carbons (Fsp3) is 0.286. The molecular weight excluding hydrogens is 358 g/mol. The highest BCUT2D eigenvalue weighted by Crippen LogP contribution is 2.32. The highest BCUT2D eigenvalue weighted by Gasteiger charge is 2.25. The number of piperidine rings is 1. The second-order valence-electron chi connectivity index (χ2n) is 6.66. The summed E-state index contributed by atoms with van der Waals surface area (Å²) < 4.78 is 4.55. The van der Waals surface area contributed by atoms with Gasteiger partial charge in [-0.2, -0.15) is 0 Å². The molecule has 1 atom stereocenters. The Hall–Kier alpha value is -3.35. The Morgan fingerprint density at radius 2 is 2.07 bits per heavy atom. The number of carbonyl (C=O) groups is 1. The summed E-state index contributed by atoms with van der Waals surface area (Å²) in [7, 11) is 1.29. The molecule has 1 N–H and O–H groups in total. The lowest BCUT2D eigenvalue weighted by Gasteiger charge is -2.35. The number of nitro benzene ring substituents is 1. The van der Waals surface area contributed by atoms with Gasteiger partial charge in [-0.1, -0.05) is 24.3 Å². The van der Waals surface area contributed by atoms with Crippen molar-refractivity contribution >= 4 is 29.1 Å². The Morgan fingerprint density at radius 3 is 2.79 bits per heavy atom. The van der Waals surface area contributed by atoms with Gasteiger partial charge in [-0.05, 0) is 42.7 Å². The molecule has 28 heavy (non-hydrogen) atoms. The maximum atomic E-state index is 11.6. The number of ether oxygens (including phenoxy) is 1. The van der Waals surface area contributed by atoms with Gasteiger partial charge in [-0.3, -0.25) is 10.1 Å². The molecule has 3 rings (SSSR count). The number of hydrogen-bond donors (Lipinski definition) is 1. The minimum Gasteiger partial charge on any atom is -0.466 e. The lowest BCUT2D eigenvalue weighted by atomic mass is 10.0. The average molecular weight is 381 g/mol. The van der Waals surface area contributed by atoms with Crippen LogP contribution in [0.15, 0.2) is 54.6 Å². The normalized spacial score (nSPS) is 16.8. The molecule has 1 aliphatic rings. The molecule has 7 nitrogen and oxygen atoms in total. The van der Waals surface area contributed by atoms with Crippen LogP contribution in [0, 0.1) is 10.1 Å². The van der Waals surface area contributed by atoms with Gasteiger partial charge in [0.1, 0.15) is 5.69 Å². The molecule has 2 aromatic carbocycles. The molecule has 0 bridgehead atoms. The van der Waals surface area contributed by atoms with E-state index in [1.807, 2.05) is 30.3 Å². The molecule has 1 fully saturated rings. The first-order valence-corrected chi connectivity index (χ1v) is 9.18. The van der Waals surface area contributed by atoms with Crippen LogP contribution in [0.3, 0.4) is 0 Å². The van der Waals surface area contributed by atoms with Crippen molar-refractivity contribution in [2.24, 2.45) is 0 Å². The van der Waals surface area contributed by atoms with Crippen LogP contribution < -0.4 is 10.2 Å². The maximum Gasteiger partial charge on any atom is 0.330 e. The number of carbonyl (C=O) groups excluding carboxylic acids is 1. The molecule has 1 saturated heterocycles. The van der Waals surface area contributed by atoms with Crippen LogP contribution in [-0.4, -0.2) is 37.1 Å². The zero-order chi connectivity index (χ0) is 19.9. The number of nitrogens with zero attached hydrogens (tertiary/aromatic N) is 2. The van der Waals surface area contributed by atoms with Gasteiger partial charge in [0.05, 0.1) is 12.0 Å². The number of esters is 1. The van der Waals surface area contributed by atoms with Crippen molar-refractivity contribution in [3.63, 3.8) is 0 Å². The smallest absolute Gasteiger partial charge is 0.330 e. The number of anilines is 2. The van der Waals surface area contributed by atoms with Crippen LogP contribution in [0.1, 0.15) is 18.4 Å². The number of benzene rings is 2. The van der Waals surface area contributed by atoms with E-state index in [1.54, 1.807) is 12.1 Å². The number of methoxy groups -OCH3 is 1. The SMILES string of the molecule is COC(=O)/C=C/c1ccc(N2CCCC(Nc3ccccc3)C2)c([N+](=O)[O-])c1. The third-order valence-corrected chi connectivity index (χ3v) is 4.72. The third-order valence-electron chi connectivity index (χ3n) is 4.72. The van der Waals surface area contributed by atoms with E-state index in [4.69, 9.17) is 0 Å². The number of nitrogens with one attached hydrogen (secondary N) is 1. The number of para-hydroxylation sites is 1. The van der Waals surface area contributed by atoms with E-state index in [2.05, 4.69) is 15.0 Å². The highest BCUT2D eigenvalue weighted by molar-refractivity contribution is 5.87. The predicted molar refractivity (Wildman–Crippen MR) is 109 cm³/mol. The van der Waals surface area contributed by atoms with Crippen LogP contribution in [-0.2, 0) is 9.53 Å². The van der Waals surface area contributed by atoms with E-state index in [0.29, 0.717) is 17.8 Å². The van der Waals surface area contributed by atoms with Crippen molar-refractivity contribution in [3.8, 4) is 0 Å². The molecule has 0 aromatic heterocycles. The number of nitro groups is 1. The van der Waals surface area contributed by atoms with Gasteiger partial charge in [-0.15, -0.1) is 0 Å². The van der Waals surface area contributed by atoms with E-state index < -0.39 is 5.97 Å². The van der Waals surface area contributed by atoms with Crippen LogP contribution >= 0.6 is 0 Å². The summed E-state index contributed by atoms with van der Waals surface area (Å²) in [5.41, 5.74) is 2.26. The van der Waals surface area contributed by atoms with Gasteiger partial charge in [0.2, 0.25) is 0 Å². The molecule has 0 aliphatic carbocycles. The quantitative estimate of drug-likeness (QED) is 0.354. The lowest BCUT2D eigenvalue weighted by molar-refractivity contribution is -0.384. The standard InChI is InChI=1S/C21H23N3O4/c1-28-21(25)12-10-16-9-11-19(20(14-16)24(26)27)23-13-5-8-18(15-23)22-17-6-3-2-4-7-17/h2-4,6-7,9-12,14,18,22H,5,8,13,15H2,1H3/b12-10+. The second-order valence-corrected chi connectivity index (χ2v) is 6.66. The summed E-state index contributed by atoms with van der Waals surface area (Å²) in [5, 5.41) is 15.1. The summed E-state index contributed by atoms with van der Waals surface area (Å²) in [6.45, 7) is 1.46. The molecular formula is C21H23N3O4. The van der Waals surface area contributed by atoms with Crippen molar-refractivity contribution in [1.82, 2.24) is 0 Å². The molecule has 0 amide bonds. The average Bonchev–Trinajstić information content (AvgIpc) is 2.72. The van der Waals surface area contributed by atoms with Crippen molar-refractivity contribution in [2.75, 3.05) is 30.4 Å². The Labute approximate surface area is 163 Å². The fourth-order valence-electron chi connectivity index (χ4n) is 3.37. The lowest BCUT2D eigenvalue weighted by Crippen LogP contribution is -2.42. The largest absolute Gasteiger partial charge is 0.466 e. The minimum absolute atomic E-state index is 0.0346. The van der Waals surface area contributed by atoms with Crippen LogP contribution in [0.4, 0.5) is 17.1 Å². The van der Waals surface area contributed by atoms with Gasteiger partial charge >= 0.3 is 5.97 Å². The van der Waals surface area contributed by atoms with Crippen molar-refractivity contribution in [2.45, 2.75) is 18.9 Å². The molecule has 7 heteroatoms. The molecule has 1 heterocycles. The minimum atomic E-state index is -0.502. The summed E-state index contributed by atoms with van der Waals surface area (Å²) in [6, 6.07) is 15.2. The van der Waals surface area contributed by atoms with Gasteiger partial charge in [0, 0.05) is 37.0 Å². The van der Waals surface area contributed by atoms with Crippen LogP contribution in [0.5, 0.6) is 0 Å². The van der Waals surface area contributed by atoms with Gasteiger partial charge < -0.3 is 15.0 Å². The first-order chi connectivity index (χ1) is 13.6. The highest BCUT2D eigenvalue weighted by atomic mass is 16.6. The zero-order valence-corrected chi connectivity index (χ0v) is 15.7. The van der Waals surface area contributed by atoms with Gasteiger partial charge in [-0.25, -0.2) is 4.79 Å². The van der Waals surface area contributed by atoms with Crippen molar-refractivity contribution < 1.29 is 14.5 Å². The second kappa shape index (κ2) is 9.03. The summed E-state index contributed by atoms with van der Waals surface area (Å²) in [4.78, 5) is 24.6. The summed E-state index contributed by atoms with van der Waals surface area (Å²) in [6.07, 6.45) is 4.73. The Bertz CT molecular complexity index is 867. The first-order valence-electron chi connectivity index (χ1n) is 9.18. The van der Waals surface area contributed by atoms with Gasteiger partial charge in [0.15, 0.2) is 0 Å². The zero-order valence-electron chi connectivity index (χ0n) is 15.7. The Balaban J connectivity index is 1.78. The molecule has 0 saturated carbocycles. The molecule has 0 radical (unpaired) electrons. The maximum absolute atomic E-state index is 11.6. The topological polar surface area (TPSA) is 84.7 Å². The number of hydrogen-bond acceptors (Lipinski definition) is 6. The molecule has 146 valence electrons. The fourth-order valence-corrected chi connectivity index (χ4v) is 3.37.